The normalized spacial score (nSPS) is 20.9. The first-order chi connectivity index (χ1) is 13.9. The van der Waals surface area contributed by atoms with Crippen LogP contribution in [-0.4, -0.2) is 22.2 Å². The molecular formula is C21H18Cl2F3NO3. The molecule has 0 aliphatic heterocycles. The minimum atomic E-state index is -4.89. The van der Waals surface area contributed by atoms with Crippen LogP contribution in [0.15, 0.2) is 58.6 Å². The molecule has 0 bridgehead atoms. The molecule has 9 heteroatoms. The number of halogens is 5. The van der Waals surface area contributed by atoms with E-state index in [1.807, 2.05) is 0 Å². The average molecular weight is 460 g/mol. The van der Waals surface area contributed by atoms with Gasteiger partial charge in [-0.15, -0.1) is 0 Å². The van der Waals surface area contributed by atoms with Gasteiger partial charge in [-0.3, -0.25) is 4.79 Å². The number of nitrogens with zero attached hydrogens (tertiary/aromatic N) is 1. The molecule has 1 heterocycles. The lowest BCUT2D eigenvalue weighted by atomic mass is 9.79. The number of carboxylic acids is 1. The van der Waals surface area contributed by atoms with Crippen LogP contribution in [0.4, 0.5) is 13.2 Å². The molecule has 2 unspecified atom stereocenters. The molecule has 1 aliphatic rings. The fraction of sp³-hybridized carbons (Fsp3) is 0.333. The molecule has 160 valence electrons. The highest BCUT2D eigenvalue weighted by Gasteiger charge is 2.72. The summed E-state index contributed by atoms with van der Waals surface area (Å²) in [5.41, 5.74) is -3.86. The van der Waals surface area contributed by atoms with Crippen LogP contribution in [-0.2, 0) is 4.79 Å². The Hall–Kier alpha value is -2.25. The quantitative estimate of drug-likeness (QED) is 0.521. The Bertz CT molecular complexity index is 988. The third-order valence-electron chi connectivity index (χ3n) is 5.39. The van der Waals surface area contributed by atoms with E-state index in [9.17, 15) is 23.1 Å². The Morgan fingerprint density at radius 2 is 1.73 bits per heavy atom. The van der Waals surface area contributed by atoms with Crippen molar-refractivity contribution in [1.29, 1.82) is 0 Å². The number of pyridine rings is 1. The number of rotatable bonds is 6. The molecule has 1 aromatic heterocycles. The first kappa shape index (κ1) is 22.4. The third kappa shape index (κ3) is 4.01. The molecule has 3 rings (SSSR count). The van der Waals surface area contributed by atoms with E-state index in [-0.39, 0.29) is 12.3 Å². The van der Waals surface area contributed by atoms with Gasteiger partial charge >= 0.3 is 12.1 Å². The second-order valence-corrected chi connectivity index (χ2v) is 8.69. The van der Waals surface area contributed by atoms with Crippen LogP contribution >= 0.6 is 23.2 Å². The van der Waals surface area contributed by atoms with Gasteiger partial charge < -0.3 is 9.84 Å². The van der Waals surface area contributed by atoms with Gasteiger partial charge in [0.25, 0.3) is 0 Å². The molecule has 0 amide bonds. The molecule has 0 radical (unpaired) electrons. The topological polar surface area (TPSA) is 59.4 Å². The Morgan fingerprint density at radius 3 is 2.20 bits per heavy atom. The predicted octanol–water partition coefficient (Wildman–Crippen LogP) is 6.71. The molecule has 0 saturated heterocycles. The SMILES string of the molecule is CC1(C)CC1(C(=O)O)C(=C(Cl)Cl)C(c1cccc(Oc2ccccc2)n1)C(F)(F)F. The fourth-order valence-corrected chi connectivity index (χ4v) is 4.35. The van der Waals surface area contributed by atoms with Gasteiger partial charge in [-0.25, -0.2) is 4.98 Å². The van der Waals surface area contributed by atoms with Gasteiger partial charge in [-0.1, -0.05) is 61.3 Å². The van der Waals surface area contributed by atoms with Crippen LogP contribution < -0.4 is 4.74 Å². The van der Waals surface area contributed by atoms with Gasteiger partial charge in [0.2, 0.25) is 5.88 Å². The van der Waals surface area contributed by atoms with E-state index in [1.165, 1.54) is 12.1 Å². The van der Waals surface area contributed by atoms with Gasteiger partial charge in [-0.2, -0.15) is 13.2 Å². The van der Waals surface area contributed by atoms with Crippen molar-refractivity contribution in [3.05, 3.63) is 64.3 Å². The summed E-state index contributed by atoms with van der Waals surface area (Å²) in [5, 5.41) is 9.81. The first-order valence-corrected chi connectivity index (χ1v) is 9.71. The van der Waals surface area contributed by atoms with Crippen molar-refractivity contribution in [3.8, 4) is 11.6 Å². The van der Waals surface area contributed by atoms with Crippen LogP contribution in [0.1, 0.15) is 31.9 Å². The molecule has 1 aromatic carbocycles. The van der Waals surface area contributed by atoms with Crippen molar-refractivity contribution in [3.63, 3.8) is 0 Å². The van der Waals surface area contributed by atoms with Crippen LogP contribution in [0.5, 0.6) is 11.6 Å². The van der Waals surface area contributed by atoms with Gasteiger partial charge in [0, 0.05) is 6.07 Å². The van der Waals surface area contributed by atoms with E-state index in [0.717, 1.165) is 6.07 Å². The van der Waals surface area contributed by atoms with E-state index in [2.05, 4.69) is 4.98 Å². The second-order valence-electron chi connectivity index (χ2n) is 7.74. The number of carbonyl (C=O) groups is 1. The molecule has 1 saturated carbocycles. The molecule has 1 N–H and O–H groups in total. The minimum absolute atomic E-state index is 0.0274. The number of carboxylic acid groups (broad SMARTS) is 1. The third-order valence-corrected chi connectivity index (χ3v) is 5.80. The summed E-state index contributed by atoms with van der Waals surface area (Å²) in [4.78, 5) is 16.1. The highest BCUT2D eigenvalue weighted by atomic mass is 35.5. The summed E-state index contributed by atoms with van der Waals surface area (Å²) in [7, 11) is 0. The van der Waals surface area contributed by atoms with E-state index in [1.54, 1.807) is 44.2 Å². The molecule has 30 heavy (non-hydrogen) atoms. The number of hydrogen-bond donors (Lipinski definition) is 1. The summed E-state index contributed by atoms with van der Waals surface area (Å²) in [6.07, 6.45) is -4.91. The number of aromatic nitrogens is 1. The molecule has 2 aromatic rings. The number of aliphatic carboxylic acids is 1. The van der Waals surface area contributed by atoms with Gasteiger partial charge in [-0.05, 0) is 35.6 Å². The summed E-state index contributed by atoms with van der Waals surface area (Å²) >= 11 is 11.8. The van der Waals surface area contributed by atoms with Crippen molar-refractivity contribution in [2.75, 3.05) is 0 Å². The number of ether oxygens (including phenoxy) is 1. The highest BCUT2D eigenvalue weighted by molar-refractivity contribution is 6.56. The smallest absolute Gasteiger partial charge is 0.401 e. The Morgan fingerprint density at radius 1 is 1.13 bits per heavy atom. The van der Waals surface area contributed by atoms with Crippen molar-refractivity contribution >= 4 is 29.2 Å². The molecule has 4 nitrogen and oxygen atoms in total. The molecule has 1 aliphatic carbocycles. The fourth-order valence-electron chi connectivity index (χ4n) is 3.81. The zero-order valence-electron chi connectivity index (χ0n) is 16.0. The summed E-state index contributed by atoms with van der Waals surface area (Å²) in [6.45, 7) is 3.13. The Labute approximate surface area is 181 Å². The lowest BCUT2D eigenvalue weighted by molar-refractivity contribution is -0.151. The largest absolute Gasteiger partial charge is 0.481 e. The monoisotopic (exact) mass is 459 g/mol. The van der Waals surface area contributed by atoms with E-state index < -0.39 is 44.7 Å². The molecule has 0 spiro atoms. The Kier molecular flexibility index (Phi) is 5.82. The van der Waals surface area contributed by atoms with Crippen LogP contribution in [0.25, 0.3) is 0 Å². The summed E-state index contributed by atoms with van der Waals surface area (Å²) in [5.74, 6) is -3.49. The van der Waals surface area contributed by atoms with Gasteiger partial charge in [0.1, 0.15) is 16.2 Å². The number of para-hydroxylation sites is 1. The van der Waals surface area contributed by atoms with Crippen molar-refractivity contribution < 1.29 is 27.8 Å². The predicted molar refractivity (Wildman–Crippen MR) is 107 cm³/mol. The van der Waals surface area contributed by atoms with Crippen molar-refractivity contribution in [2.24, 2.45) is 10.8 Å². The molecule has 2 atom stereocenters. The van der Waals surface area contributed by atoms with Gasteiger partial charge in [0.05, 0.1) is 11.1 Å². The van der Waals surface area contributed by atoms with E-state index in [0.29, 0.717) is 5.75 Å². The van der Waals surface area contributed by atoms with Crippen LogP contribution in [0, 0.1) is 10.8 Å². The van der Waals surface area contributed by atoms with E-state index in [4.69, 9.17) is 27.9 Å². The maximum Gasteiger partial charge on any atom is 0.401 e. The molecule has 1 fully saturated rings. The lowest BCUT2D eigenvalue weighted by Crippen LogP contribution is -2.34. The summed E-state index contributed by atoms with van der Waals surface area (Å²) in [6, 6.07) is 12.3. The Balaban J connectivity index is 2.11. The standard InChI is InChI=1S/C21H18Cl2F3NO3/c1-19(2)11-20(19,18(28)29)16(17(22)23)15(21(24,25)26)13-9-6-10-14(27-13)30-12-7-4-3-5-8-12/h3-10,15H,11H2,1-2H3,(H,28,29). The van der Waals surface area contributed by atoms with Crippen molar-refractivity contribution in [2.45, 2.75) is 32.4 Å². The second kappa shape index (κ2) is 7.78. The van der Waals surface area contributed by atoms with Crippen LogP contribution in [0.3, 0.4) is 0 Å². The zero-order valence-corrected chi connectivity index (χ0v) is 17.5. The van der Waals surface area contributed by atoms with Gasteiger partial charge in [0.15, 0.2) is 0 Å². The maximum absolute atomic E-state index is 14.2. The average Bonchev–Trinajstić information content (AvgIpc) is 3.22. The highest BCUT2D eigenvalue weighted by Crippen LogP contribution is 2.71. The maximum atomic E-state index is 14.2. The first-order valence-electron chi connectivity index (χ1n) is 8.96. The number of benzene rings is 1. The minimum Gasteiger partial charge on any atom is -0.481 e. The molecular weight excluding hydrogens is 442 g/mol. The van der Waals surface area contributed by atoms with Crippen molar-refractivity contribution in [1.82, 2.24) is 4.98 Å². The number of hydrogen-bond acceptors (Lipinski definition) is 3. The lowest BCUT2D eigenvalue weighted by Gasteiger charge is -2.29. The summed E-state index contributed by atoms with van der Waals surface area (Å²) < 4.78 is 47.5. The van der Waals surface area contributed by atoms with E-state index >= 15 is 0 Å². The number of alkyl halides is 3. The van der Waals surface area contributed by atoms with Crippen LogP contribution in [0.2, 0.25) is 0 Å². The zero-order chi connectivity index (χ0) is 22.3.